The van der Waals surface area contributed by atoms with E-state index < -0.39 is 11.4 Å². The molecule has 1 rings (SSSR count). The molecule has 18 heavy (non-hydrogen) atoms. The van der Waals surface area contributed by atoms with Crippen LogP contribution in [0.25, 0.3) is 0 Å². The second-order valence-corrected chi connectivity index (χ2v) is 5.24. The third kappa shape index (κ3) is 3.47. The SMILES string of the molecule is CCCCOC(=O)C1(CC)CCC(C(=O)O)CC1. The van der Waals surface area contributed by atoms with E-state index in [1.807, 2.05) is 6.92 Å². The Bertz CT molecular complexity index is 290. The smallest absolute Gasteiger partial charge is 0.312 e. The summed E-state index contributed by atoms with van der Waals surface area (Å²) in [5, 5.41) is 8.98. The van der Waals surface area contributed by atoms with Gasteiger partial charge in [0.1, 0.15) is 0 Å². The Kier molecular flexibility index (Phi) is 5.63. The third-order valence-corrected chi connectivity index (χ3v) is 4.13. The van der Waals surface area contributed by atoms with E-state index in [0.717, 1.165) is 19.3 Å². The standard InChI is InChI=1S/C14H24O4/c1-3-5-10-18-13(17)14(4-2)8-6-11(7-9-14)12(15)16/h11H,3-10H2,1-2H3,(H,15,16). The highest BCUT2D eigenvalue weighted by molar-refractivity contribution is 5.78. The molecule has 0 amide bonds. The molecule has 0 bridgehead atoms. The fourth-order valence-electron chi connectivity index (χ4n) is 2.58. The van der Waals surface area contributed by atoms with Gasteiger partial charge in [-0.3, -0.25) is 9.59 Å². The predicted molar refractivity (Wildman–Crippen MR) is 68.2 cm³/mol. The zero-order chi connectivity index (χ0) is 13.6. The van der Waals surface area contributed by atoms with Crippen LogP contribution in [-0.2, 0) is 14.3 Å². The van der Waals surface area contributed by atoms with Crippen molar-refractivity contribution in [2.24, 2.45) is 11.3 Å². The van der Waals surface area contributed by atoms with Crippen LogP contribution >= 0.6 is 0 Å². The first-order valence-electron chi connectivity index (χ1n) is 6.95. The number of hydrogen-bond donors (Lipinski definition) is 1. The number of ether oxygens (including phenoxy) is 1. The van der Waals surface area contributed by atoms with E-state index in [1.165, 1.54) is 0 Å². The van der Waals surface area contributed by atoms with Gasteiger partial charge in [-0.15, -0.1) is 0 Å². The second kappa shape index (κ2) is 6.76. The van der Waals surface area contributed by atoms with E-state index >= 15 is 0 Å². The van der Waals surface area contributed by atoms with Crippen LogP contribution in [0.5, 0.6) is 0 Å². The van der Waals surface area contributed by atoms with Crippen molar-refractivity contribution in [3.05, 3.63) is 0 Å². The molecule has 0 aromatic rings. The highest BCUT2D eigenvalue weighted by Crippen LogP contribution is 2.42. The molecule has 1 aliphatic rings. The number of rotatable bonds is 6. The number of esters is 1. The van der Waals surface area contributed by atoms with Crippen molar-refractivity contribution in [3.63, 3.8) is 0 Å². The lowest BCUT2D eigenvalue weighted by molar-refractivity contribution is -0.161. The van der Waals surface area contributed by atoms with Gasteiger partial charge in [0.2, 0.25) is 0 Å². The molecule has 1 fully saturated rings. The fraction of sp³-hybridized carbons (Fsp3) is 0.857. The summed E-state index contributed by atoms with van der Waals surface area (Å²) in [6.45, 7) is 4.53. The summed E-state index contributed by atoms with van der Waals surface area (Å²) in [5.74, 6) is -1.14. The predicted octanol–water partition coefficient (Wildman–Crippen LogP) is 3.00. The van der Waals surface area contributed by atoms with Gasteiger partial charge in [0.15, 0.2) is 0 Å². The molecule has 4 nitrogen and oxygen atoms in total. The normalized spacial score (nSPS) is 27.8. The number of carbonyl (C=O) groups is 2. The molecule has 0 atom stereocenters. The molecule has 4 heteroatoms. The molecular formula is C14H24O4. The molecule has 1 N–H and O–H groups in total. The van der Waals surface area contributed by atoms with Crippen LogP contribution in [0.1, 0.15) is 58.8 Å². The number of carboxylic acids is 1. The molecule has 0 aromatic carbocycles. The lowest BCUT2D eigenvalue weighted by atomic mass is 9.69. The molecule has 104 valence electrons. The Morgan fingerprint density at radius 3 is 2.33 bits per heavy atom. The van der Waals surface area contributed by atoms with E-state index in [4.69, 9.17) is 9.84 Å². The fourth-order valence-corrected chi connectivity index (χ4v) is 2.58. The van der Waals surface area contributed by atoms with Crippen molar-refractivity contribution in [3.8, 4) is 0 Å². The van der Waals surface area contributed by atoms with Crippen molar-refractivity contribution in [2.45, 2.75) is 58.8 Å². The summed E-state index contributed by atoms with van der Waals surface area (Å²) in [7, 11) is 0. The average Bonchev–Trinajstić information content (AvgIpc) is 2.38. The lowest BCUT2D eigenvalue weighted by Crippen LogP contribution is -2.38. The van der Waals surface area contributed by atoms with Gasteiger partial charge >= 0.3 is 11.9 Å². The van der Waals surface area contributed by atoms with Crippen molar-refractivity contribution in [2.75, 3.05) is 6.61 Å². The molecular weight excluding hydrogens is 232 g/mol. The van der Waals surface area contributed by atoms with Crippen LogP contribution in [0, 0.1) is 11.3 Å². The van der Waals surface area contributed by atoms with Crippen LogP contribution in [0.4, 0.5) is 0 Å². The lowest BCUT2D eigenvalue weighted by Gasteiger charge is -2.36. The zero-order valence-electron chi connectivity index (χ0n) is 11.4. The maximum Gasteiger partial charge on any atom is 0.312 e. The largest absolute Gasteiger partial charge is 0.481 e. The van der Waals surface area contributed by atoms with Gasteiger partial charge in [-0.2, -0.15) is 0 Å². The molecule has 0 heterocycles. The molecule has 0 spiro atoms. The summed E-state index contributed by atoms with van der Waals surface area (Å²) in [5.41, 5.74) is -0.431. The van der Waals surface area contributed by atoms with Gasteiger partial charge in [-0.1, -0.05) is 20.3 Å². The Hall–Kier alpha value is -1.06. The van der Waals surface area contributed by atoms with Crippen LogP contribution < -0.4 is 0 Å². The van der Waals surface area contributed by atoms with E-state index in [1.54, 1.807) is 0 Å². The molecule has 0 aliphatic heterocycles. The molecule has 1 saturated carbocycles. The number of carbonyl (C=O) groups excluding carboxylic acids is 1. The topological polar surface area (TPSA) is 63.6 Å². The third-order valence-electron chi connectivity index (χ3n) is 4.13. The zero-order valence-corrected chi connectivity index (χ0v) is 11.4. The van der Waals surface area contributed by atoms with Gasteiger partial charge in [0.25, 0.3) is 0 Å². The first-order chi connectivity index (χ1) is 8.55. The molecule has 1 aliphatic carbocycles. The number of hydrogen-bond acceptors (Lipinski definition) is 3. The quantitative estimate of drug-likeness (QED) is 0.586. The average molecular weight is 256 g/mol. The minimum Gasteiger partial charge on any atom is -0.481 e. The maximum atomic E-state index is 12.1. The summed E-state index contributed by atoms with van der Waals surface area (Å²) in [6.07, 6.45) is 5.11. The number of aliphatic carboxylic acids is 1. The van der Waals surface area contributed by atoms with Gasteiger partial charge in [-0.25, -0.2) is 0 Å². The Balaban J connectivity index is 2.54. The first kappa shape index (κ1) is 15.0. The molecule has 0 unspecified atom stereocenters. The number of carboxylic acid groups (broad SMARTS) is 1. The minimum atomic E-state index is -0.737. The number of unbranched alkanes of at least 4 members (excludes halogenated alkanes) is 1. The Morgan fingerprint density at radius 1 is 1.28 bits per heavy atom. The highest BCUT2D eigenvalue weighted by atomic mass is 16.5. The van der Waals surface area contributed by atoms with Crippen molar-refractivity contribution < 1.29 is 19.4 Å². The molecule has 0 radical (unpaired) electrons. The minimum absolute atomic E-state index is 0.123. The van der Waals surface area contributed by atoms with Crippen LogP contribution in [0.2, 0.25) is 0 Å². The first-order valence-corrected chi connectivity index (χ1v) is 6.95. The Labute approximate surface area is 109 Å². The van der Waals surface area contributed by atoms with Crippen molar-refractivity contribution >= 4 is 11.9 Å². The van der Waals surface area contributed by atoms with E-state index in [0.29, 0.717) is 32.3 Å². The monoisotopic (exact) mass is 256 g/mol. The molecule has 0 aromatic heterocycles. The molecule has 0 saturated heterocycles. The Morgan fingerprint density at radius 2 is 1.89 bits per heavy atom. The van der Waals surface area contributed by atoms with Crippen LogP contribution in [0.15, 0.2) is 0 Å². The summed E-state index contributed by atoms with van der Waals surface area (Å²) >= 11 is 0. The highest BCUT2D eigenvalue weighted by Gasteiger charge is 2.42. The summed E-state index contributed by atoms with van der Waals surface area (Å²) in [4.78, 5) is 23.1. The van der Waals surface area contributed by atoms with Crippen molar-refractivity contribution in [1.82, 2.24) is 0 Å². The van der Waals surface area contributed by atoms with Gasteiger partial charge in [0, 0.05) is 0 Å². The summed E-state index contributed by atoms with van der Waals surface area (Å²) < 4.78 is 5.33. The van der Waals surface area contributed by atoms with Crippen molar-refractivity contribution in [1.29, 1.82) is 0 Å². The van der Waals surface area contributed by atoms with Gasteiger partial charge in [-0.05, 0) is 38.5 Å². The maximum absolute atomic E-state index is 12.1. The van der Waals surface area contributed by atoms with Gasteiger partial charge in [0.05, 0.1) is 17.9 Å². The van der Waals surface area contributed by atoms with Gasteiger partial charge < -0.3 is 9.84 Å². The second-order valence-electron chi connectivity index (χ2n) is 5.24. The van der Waals surface area contributed by atoms with E-state index in [-0.39, 0.29) is 11.9 Å². The van der Waals surface area contributed by atoms with E-state index in [2.05, 4.69) is 6.92 Å². The van der Waals surface area contributed by atoms with Crippen LogP contribution in [-0.4, -0.2) is 23.7 Å². The van der Waals surface area contributed by atoms with Crippen LogP contribution in [0.3, 0.4) is 0 Å². The van der Waals surface area contributed by atoms with E-state index in [9.17, 15) is 9.59 Å². The summed E-state index contributed by atoms with van der Waals surface area (Å²) in [6, 6.07) is 0.